The Morgan fingerprint density at radius 3 is 2.34 bits per heavy atom. The van der Waals surface area contributed by atoms with Crippen LogP contribution in [0.1, 0.15) is 0 Å². The van der Waals surface area contributed by atoms with Gasteiger partial charge >= 0.3 is 0 Å². The van der Waals surface area contributed by atoms with Crippen molar-refractivity contribution in [1.82, 2.24) is 4.57 Å². The lowest BCUT2D eigenvalue weighted by Crippen LogP contribution is -1.92. The first-order valence-corrected chi connectivity index (χ1v) is 10.5. The summed E-state index contributed by atoms with van der Waals surface area (Å²) in [6.45, 7) is 0. The van der Waals surface area contributed by atoms with Crippen molar-refractivity contribution in [3.05, 3.63) is 91.0 Å². The number of rotatable bonds is 1. The molecule has 0 N–H and O–H groups in total. The van der Waals surface area contributed by atoms with Crippen LogP contribution in [0, 0.1) is 0 Å². The zero-order chi connectivity index (χ0) is 18.9. The number of furan rings is 1. The molecule has 7 rings (SSSR count). The molecule has 136 valence electrons. The Morgan fingerprint density at radius 1 is 0.655 bits per heavy atom. The van der Waals surface area contributed by atoms with Crippen LogP contribution in [0.2, 0.25) is 0 Å². The summed E-state index contributed by atoms with van der Waals surface area (Å²) in [5.74, 6) is 0. The average Bonchev–Trinajstić information content (AvgIpc) is 3.39. The molecule has 0 saturated carbocycles. The van der Waals surface area contributed by atoms with Crippen molar-refractivity contribution in [2.24, 2.45) is 0 Å². The van der Waals surface area contributed by atoms with Crippen molar-refractivity contribution in [2.75, 3.05) is 0 Å². The molecule has 2 nitrogen and oxygen atoms in total. The van der Waals surface area contributed by atoms with Crippen molar-refractivity contribution < 1.29 is 4.42 Å². The molecule has 3 aromatic heterocycles. The van der Waals surface area contributed by atoms with Gasteiger partial charge in [-0.05, 0) is 35.0 Å². The fourth-order valence-corrected chi connectivity index (χ4v) is 5.61. The van der Waals surface area contributed by atoms with Crippen LogP contribution in [0.4, 0.5) is 0 Å². The second-order valence-corrected chi connectivity index (χ2v) is 8.44. The molecule has 0 fully saturated rings. The second kappa shape index (κ2) is 5.49. The maximum absolute atomic E-state index is 6.50. The molecule has 0 atom stereocenters. The van der Waals surface area contributed by atoms with Gasteiger partial charge in [0.2, 0.25) is 5.71 Å². The third-order valence-electron chi connectivity index (χ3n) is 5.83. The second-order valence-electron chi connectivity index (χ2n) is 7.43. The molecule has 3 heteroatoms. The van der Waals surface area contributed by atoms with Crippen molar-refractivity contribution >= 4 is 64.5 Å². The van der Waals surface area contributed by atoms with Gasteiger partial charge in [-0.1, -0.05) is 78.1 Å². The Bertz CT molecular complexity index is 1710. The molecular formula is C26H15NOS. The van der Waals surface area contributed by atoms with E-state index in [4.69, 9.17) is 4.42 Å². The summed E-state index contributed by atoms with van der Waals surface area (Å²) >= 11 is 1.73. The maximum atomic E-state index is 6.50. The van der Waals surface area contributed by atoms with Gasteiger partial charge < -0.3 is 4.42 Å². The largest absolute Gasteiger partial charge is 0.428 e. The highest BCUT2D eigenvalue weighted by Crippen LogP contribution is 2.45. The molecular weight excluding hydrogens is 374 g/mol. The van der Waals surface area contributed by atoms with E-state index in [2.05, 4.69) is 95.6 Å². The first-order chi connectivity index (χ1) is 14.4. The first kappa shape index (κ1) is 15.4. The lowest BCUT2D eigenvalue weighted by molar-refractivity contribution is 0.653. The SMILES string of the molecule is c1ccc2cc(-n3c4ccccc4c4c5c(oc43)sc3ccccc35)ccc2c1. The van der Waals surface area contributed by atoms with Crippen molar-refractivity contribution in [2.45, 2.75) is 0 Å². The van der Waals surface area contributed by atoms with Crippen LogP contribution in [0.25, 0.3) is 58.8 Å². The summed E-state index contributed by atoms with van der Waals surface area (Å²) < 4.78 is 10.0. The molecule has 7 aromatic rings. The Morgan fingerprint density at radius 2 is 1.41 bits per heavy atom. The van der Waals surface area contributed by atoms with Gasteiger partial charge in [0.15, 0.2) is 4.90 Å². The van der Waals surface area contributed by atoms with Crippen molar-refractivity contribution in [1.29, 1.82) is 0 Å². The van der Waals surface area contributed by atoms with Crippen LogP contribution in [0.15, 0.2) is 95.4 Å². The third-order valence-corrected chi connectivity index (χ3v) is 6.87. The number of hydrogen-bond donors (Lipinski definition) is 0. The van der Waals surface area contributed by atoms with Crippen LogP contribution < -0.4 is 0 Å². The van der Waals surface area contributed by atoms with E-state index < -0.39 is 0 Å². The zero-order valence-corrected chi connectivity index (χ0v) is 16.2. The fraction of sp³-hybridized carbons (Fsp3) is 0. The van der Waals surface area contributed by atoms with E-state index in [-0.39, 0.29) is 0 Å². The quantitative estimate of drug-likeness (QED) is 0.279. The molecule has 0 spiro atoms. The minimum Gasteiger partial charge on any atom is -0.428 e. The Labute approximate surface area is 170 Å². The molecule has 0 aliphatic carbocycles. The summed E-state index contributed by atoms with van der Waals surface area (Å²) in [4.78, 5) is 0.997. The first-order valence-electron chi connectivity index (χ1n) is 9.71. The summed E-state index contributed by atoms with van der Waals surface area (Å²) in [6.07, 6.45) is 0. The van der Waals surface area contributed by atoms with E-state index in [0.717, 1.165) is 16.3 Å². The molecule has 0 aliphatic rings. The van der Waals surface area contributed by atoms with E-state index in [9.17, 15) is 0 Å². The predicted octanol–water partition coefficient (Wildman–Crippen LogP) is 7.90. The topological polar surface area (TPSA) is 18.1 Å². The van der Waals surface area contributed by atoms with Crippen molar-refractivity contribution in [3.8, 4) is 5.69 Å². The number of aromatic nitrogens is 1. The number of benzene rings is 4. The highest BCUT2D eigenvalue weighted by Gasteiger charge is 2.22. The number of thiophene rings is 1. The normalized spacial score (nSPS) is 12.1. The molecule has 0 bridgehead atoms. The fourth-order valence-electron chi connectivity index (χ4n) is 4.55. The minimum atomic E-state index is 0.925. The average molecular weight is 389 g/mol. The summed E-state index contributed by atoms with van der Waals surface area (Å²) in [5, 5.41) is 7.42. The van der Waals surface area contributed by atoms with Crippen LogP contribution in [-0.2, 0) is 0 Å². The minimum absolute atomic E-state index is 0.925. The van der Waals surface area contributed by atoms with Crippen LogP contribution in [-0.4, -0.2) is 4.57 Å². The molecule has 3 heterocycles. The zero-order valence-electron chi connectivity index (χ0n) is 15.4. The van der Waals surface area contributed by atoms with Gasteiger partial charge in [0.25, 0.3) is 0 Å². The lowest BCUT2D eigenvalue weighted by atomic mass is 10.1. The number of para-hydroxylation sites is 1. The highest BCUT2D eigenvalue weighted by molar-refractivity contribution is 7.25. The van der Waals surface area contributed by atoms with Gasteiger partial charge in [-0.25, -0.2) is 0 Å². The lowest BCUT2D eigenvalue weighted by Gasteiger charge is -2.07. The standard InChI is InChI=1S/C26H15NOS/c1-2-8-17-15-18(14-13-16(17)7-1)27-21-11-5-3-9-19(21)23-24-20-10-4-6-12-22(20)29-26(24)28-25(23)27/h1-15H. The van der Waals surface area contributed by atoms with Gasteiger partial charge in [-0.15, -0.1) is 0 Å². The van der Waals surface area contributed by atoms with Crippen LogP contribution in [0.3, 0.4) is 0 Å². The van der Waals surface area contributed by atoms with E-state index >= 15 is 0 Å². The van der Waals surface area contributed by atoms with E-state index in [1.165, 1.54) is 42.5 Å². The predicted molar refractivity (Wildman–Crippen MR) is 123 cm³/mol. The molecule has 0 unspecified atom stereocenters. The number of hydrogen-bond acceptors (Lipinski definition) is 2. The maximum Gasteiger partial charge on any atom is 0.215 e. The summed E-state index contributed by atoms with van der Waals surface area (Å²) in [5.41, 5.74) is 3.22. The molecule has 0 saturated heterocycles. The summed E-state index contributed by atoms with van der Waals surface area (Å²) in [7, 11) is 0. The van der Waals surface area contributed by atoms with E-state index in [1.807, 2.05) is 0 Å². The molecule has 0 amide bonds. The van der Waals surface area contributed by atoms with Crippen molar-refractivity contribution in [3.63, 3.8) is 0 Å². The molecule has 29 heavy (non-hydrogen) atoms. The Kier molecular flexibility index (Phi) is 2.91. The molecule has 4 aromatic carbocycles. The highest BCUT2D eigenvalue weighted by atomic mass is 32.1. The third kappa shape index (κ3) is 2.00. The van der Waals surface area contributed by atoms with E-state index in [0.29, 0.717) is 0 Å². The van der Waals surface area contributed by atoms with Gasteiger partial charge in [0.05, 0.1) is 10.9 Å². The summed E-state index contributed by atoms with van der Waals surface area (Å²) in [6, 6.07) is 32.3. The van der Waals surface area contributed by atoms with Gasteiger partial charge in [-0.3, -0.25) is 4.57 Å². The number of fused-ring (bicyclic) bond motifs is 8. The molecule has 0 radical (unpaired) electrons. The number of nitrogens with zero attached hydrogens (tertiary/aromatic N) is 1. The van der Waals surface area contributed by atoms with Gasteiger partial charge in [0, 0.05) is 26.5 Å². The Balaban J connectivity index is 1.68. The van der Waals surface area contributed by atoms with Crippen LogP contribution in [0.5, 0.6) is 0 Å². The van der Waals surface area contributed by atoms with E-state index in [1.54, 1.807) is 11.3 Å². The van der Waals surface area contributed by atoms with Gasteiger partial charge in [0.1, 0.15) is 0 Å². The van der Waals surface area contributed by atoms with Crippen LogP contribution >= 0.6 is 11.3 Å². The Hall–Kier alpha value is -3.56. The molecule has 0 aliphatic heterocycles. The smallest absolute Gasteiger partial charge is 0.215 e. The monoisotopic (exact) mass is 389 g/mol. The van der Waals surface area contributed by atoms with Gasteiger partial charge in [-0.2, -0.15) is 0 Å².